The van der Waals surface area contributed by atoms with Gasteiger partial charge in [0.1, 0.15) is 11.6 Å². The fourth-order valence-corrected chi connectivity index (χ4v) is 1.58. The first kappa shape index (κ1) is 18.7. The van der Waals surface area contributed by atoms with Crippen molar-refractivity contribution in [2.24, 2.45) is 5.92 Å². The Morgan fingerprint density at radius 3 is 2.25 bits per heavy atom. The zero-order valence-electron chi connectivity index (χ0n) is 13.6. The van der Waals surface area contributed by atoms with E-state index in [1.54, 1.807) is 18.9 Å². The molecule has 0 saturated carbocycles. The molecule has 2 atom stereocenters. The highest BCUT2D eigenvalue weighted by Gasteiger charge is 2.21. The van der Waals surface area contributed by atoms with Gasteiger partial charge < -0.3 is 19.7 Å². The van der Waals surface area contributed by atoms with Crippen LogP contribution in [0.15, 0.2) is 0 Å². The Bertz CT molecular complexity index is 326. The second kappa shape index (κ2) is 8.09. The molecule has 0 aromatic carbocycles. The Balaban J connectivity index is 4.11. The van der Waals surface area contributed by atoms with E-state index in [-0.39, 0.29) is 24.0 Å². The quantitative estimate of drug-likeness (QED) is 0.753. The predicted octanol–water partition coefficient (Wildman–Crippen LogP) is 1.64. The number of esters is 1. The third-order valence-corrected chi connectivity index (χ3v) is 2.62. The summed E-state index contributed by atoms with van der Waals surface area (Å²) in [5.41, 5.74) is -0.494. The number of carbonyl (C=O) groups is 2. The smallest absolute Gasteiger partial charge is 0.410 e. The fourth-order valence-electron chi connectivity index (χ4n) is 1.58. The van der Waals surface area contributed by atoms with E-state index in [1.165, 1.54) is 7.11 Å². The van der Waals surface area contributed by atoms with Gasteiger partial charge in [0.2, 0.25) is 0 Å². The third-order valence-electron chi connectivity index (χ3n) is 2.62. The van der Waals surface area contributed by atoms with Gasteiger partial charge >= 0.3 is 12.1 Å². The Morgan fingerprint density at radius 1 is 1.25 bits per heavy atom. The Kier molecular flexibility index (Phi) is 7.57. The van der Waals surface area contributed by atoms with Crippen LogP contribution in [0.5, 0.6) is 0 Å². The molecule has 6 nitrogen and oxygen atoms in total. The largest absolute Gasteiger partial charge is 0.468 e. The summed E-state index contributed by atoms with van der Waals surface area (Å²) >= 11 is 0. The number of hydrogen-bond acceptors (Lipinski definition) is 5. The summed E-state index contributed by atoms with van der Waals surface area (Å²) in [6.45, 7) is 10.4. The van der Waals surface area contributed by atoms with E-state index in [4.69, 9.17) is 4.74 Å². The molecule has 0 radical (unpaired) electrons. The molecule has 0 aliphatic carbocycles. The van der Waals surface area contributed by atoms with E-state index in [2.05, 4.69) is 10.1 Å². The van der Waals surface area contributed by atoms with Gasteiger partial charge in [-0.2, -0.15) is 0 Å². The van der Waals surface area contributed by atoms with E-state index in [0.29, 0.717) is 13.1 Å². The molecule has 6 heteroatoms. The van der Waals surface area contributed by atoms with Crippen molar-refractivity contribution in [1.82, 2.24) is 10.2 Å². The SMILES string of the molecule is COC(=O)C(C)NCC(C)CN(C)C(=O)OC(C)(C)C. The molecule has 118 valence electrons. The van der Waals surface area contributed by atoms with Crippen LogP contribution in [0.2, 0.25) is 0 Å². The molecular formula is C14H28N2O4. The lowest BCUT2D eigenvalue weighted by atomic mass is 10.1. The highest BCUT2D eigenvalue weighted by molar-refractivity contribution is 5.75. The molecule has 0 aromatic rings. The molecule has 0 aliphatic rings. The van der Waals surface area contributed by atoms with Crippen molar-refractivity contribution in [2.45, 2.75) is 46.3 Å². The number of hydrogen-bond donors (Lipinski definition) is 1. The first-order chi connectivity index (χ1) is 9.06. The summed E-state index contributed by atoms with van der Waals surface area (Å²) in [7, 11) is 3.06. The van der Waals surface area contributed by atoms with Gasteiger partial charge in [0.15, 0.2) is 0 Å². The van der Waals surface area contributed by atoms with Crippen molar-refractivity contribution in [3.05, 3.63) is 0 Å². The Labute approximate surface area is 121 Å². The Hall–Kier alpha value is -1.30. The van der Waals surface area contributed by atoms with Crippen LogP contribution in [0.1, 0.15) is 34.6 Å². The molecule has 0 spiro atoms. The summed E-state index contributed by atoms with van der Waals surface area (Å²) < 4.78 is 9.91. The monoisotopic (exact) mass is 288 g/mol. The van der Waals surface area contributed by atoms with Crippen molar-refractivity contribution < 1.29 is 19.1 Å². The van der Waals surface area contributed by atoms with E-state index >= 15 is 0 Å². The summed E-state index contributed by atoms with van der Waals surface area (Å²) in [5.74, 6) is -0.0997. The second-order valence-electron chi connectivity index (χ2n) is 6.12. The molecule has 0 fully saturated rings. The van der Waals surface area contributed by atoms with Gasteiger partial charge in [0.05, 0.1) is 7.11 Å². The van der Waals surface area contributed by atoms with Crippen LogP contribution in [0, 0.1) is 5.92 Å². The first-order valence-corrected chi connectivity index (χ1v) is 6.82. The maximum Gasteiger partial charge on any atom is 0.410 e. The fraction of sp³-hybridized carbons (Fsp3) is 0.857. The summed E-state index contributed by atoms with van der Waals surface area (Å²) in [6.07, 6.45) is -0.342. The number of methoxy groups -OCH3 is 1. The number of nitrogens with one attached hydrogen (secondary N) is 1. The maximum absolute atomic E-state index is 11.8. The summed E-state index contributed by atoms with van der Waals surface area (Å²) in [4.78, 5) is 24.6. The predicted molar refractivity (Wildman–Crippen MR) is 77.5 cm³/mol. The van der Waals surface area contributed by atoms with E-state index < -0.39 is 5.60 Å². The number of nitrogens with zero attached hydrogens (tertiary/aromatic N) is 1. The van der Waals surface area contributed by atoms with Crippen molar-refractivity contribution >= 4 is 12.1 Å². The van der Waals surface area contributed by atoms with E-state index in [0.717, 1.165) is 0 Å². The Morgan fingerprint density at radius 2 is 1.80 bits per heavy atom. The van der Waals surface area contributed by atoms with Crippen molar-refractivity contribution in [3.63, 3.8) is 0 Å². The highest BCUT2D eigenvalue weighted by atomic mass is 16.6. The van der Waals surface area contributed by atoms with Crippen LogP contribution in [0.3, 0.4) is 0 Å². The van der Waals surface area contributed by atoms with Crippen LogP contribution in [-0.4, -0.2) is 55.9 Å². The summed E-state index contributed by atoms with van der Waals surface area (Å²) in [5, 5.41) is 3.07. The lowest BCUT2D eigenvalue weighted by Crippen LogP contribution is -2.41. The number of ether oxygens (including phenoxy) is 2. The standard InChI is InChI=1S/C14H28N2O4/c1-10(8-15-11(2)12(17)19-7)9-16(6)13(18)20-14(3,4)5/h10-11,15H,8-9H2,1-7H3. The zero-order valence-corrected chi connectivity index (χ0v) is 13.6. The lowest BCUT2D eigenvalue weighted by molar-refractivity contribution is -0.142. The van der Waals surface area contributed by atoms with Gasteiger partial charge in [-0.1, -0.05) is 6.92 Å². The maximum atomic E-state index is 11.8. The van der Waals surface area contributed by atoms with E-state index in [9.17, 15) is 9.59 Å². The van der Waals surface area contributed by atoms with Gasteiger partial charge in [-0.25, -0.2) is 4.79 Å². The molecule has 0 aliphatic heterocycles. The molecule has 0 rings (SSSR count). The van der Waals surface area contributed by atoms with Crippen LogP contribution >= 0.6 is 0 Å². The van der Waals surface area contributed by atoms with Crippen molar-refractivity contribution in [1.29, 1.82) is 0 Å². The lowest BCUT2D eigenvalue weighted by Gasteiger charge is -2.26. The minimum absolute atomic E-state index is 0.194. The molecule has 0 aromatic heterocycles. The molecule has 0 saturated heterocycles. The van der Waals surface area contributed by atoms with Crippen LogP contribution in [0.25, 0.3) is 0 Å². The third kappa shape index (κ3) is 7.99. The molecular weight excluding hydrogens is 260 g/mol. The molecule has 1 amide bonds. The molecule has 0 heterocycles. The van der Waals surface area contributed by atoms with Crippen LogP contribution < -0.4 is 5.32 Å². The summed E-state index contributed by atoms with van der Waals surface area (Å²) in [6, 6.07) is -0.353. The van der Waals surface area contributed by atoms with Gasteiger partial charge in [-0.3, -0.25) is 4.79 Å². The minimum atomic E-state index is -0.494. The minimum Gasteiger partial charge on any atom is -0.468 e. The number of carbonyl (C=O) groups excluding carboxylic acids is 2. The average molecular weight is 288 g/mol. The van der Waals surface area contributed by atoms with Gasteiger partial charge in [0.25, 0.3) is 0 Å². The van der Waals surface area contributed by atoms with Gasteiger partial charge in [0, 0.05) is 20.1 Å². The zero-order chi connectivity index (χ0) is 15.9. The molecule has 2 unspecified atom stereocenters. The number of rotatable bonds is 6. The number of amides is 1. The van der Waals surface area contributed by atoms with Crippen molar-refractivity contribution in [2.75, 3.05) is 27.2 Å². The van der Waals surface area contributed by atoms with Crippen molar-refractivity contribution in [3.8, 4) is 0 Å². The topological polar surface area (TPSA) is 67.9 Å². The molecule has 1 N–H and O–H groups in total. The van der Waals surface area contributed by atoms with Gasteiger partial charge in [-0.15, -0.1) is 0 Å². The first-order valence-electron chi connectivity index (χ1n) is 6.82. The molecule has 20 heavy (non-hydrogen) atoms. The average Bonchev–Trinajstić information content (AvgIpc) is 2.32. The van der Waals surface area contributed by atoms with Crippen LogP contribution in [-0.2, 0) is 14.3 Å². The normalized spacial score (nSPS) is 14.3. The van der Waals surface area contributed by atoms with E-state index in [1.807, 2.05) is 27.7 Å². The molecule has 0 bridgehead atoms. The van der Waals surface area contributed by atoms with Crippen LogP contribution in [0.4, 0.5) is 4.79 Å². The second-order valence-corrected chi connectivity index (χ2v) is 6.12. The van der Waals surface area contributed by atoms with Gasteiger partial charge in [-0.05, 0) is 33.6 Å². The highest BCUT2D eigenvalue weighted by Crippen LogP contribution is 2.10.